The van der Waals surface area contributed by atoms with Gasteiger partial charge in [-0.25, -0.2) is 8.42 Å². The second-order valence-electron chi connectivity index (χ2n) is 6.17. The maximum atomic E-state index is 13.0. The molecule has 1 aliphatic rings. The Bertz CT molecular complexity index is 607. The van der Waals surface area contributed by atoms with E-state index in [2.05, 4.69) is 6.92 Å². The molecule has 0 saturated heterocycles. The van der Waals surface area contributed by atoms with Crippen LogP contribution in [0.3, 0.4) is 0 Å². The van der Waals surface area contributed by atoms with Crippen molar-refractivity contribution in [3.05, 3.63) is 17.1 Å². The average molecular weight is 314 g/mol. The molecule has 1 heterocycles. The van der Waals surface area contributed by atoms with Crippen molar-refractivity contribution < 1.29 is 12.8 Å². The summed E-state index contributed by atoms with van der Waals surface area (Å²) >= 11 is 0. The Kier molecular flexibility index (Phi) is 4.80. The molecule has 2 rings (SSSR count). The van der Waals surface area contributed by atoms with Crippen LogP contribution in [0.25, 0.3) is 0 Å². The minimum Gasteiger partial charge on any atom is -0.465 e. The van der Waals surface area contributed by atoms with Crippen LogP contribution in [0, 0.1) is 19.8 Å². The topological polar surface area (TPSA) is 76.5 Å². The minimum absolute atomic E-state index is 0.0685. The fourth-order valence-corrected chi connectivity index (χ4v) is 5.17. The lowest BCUT2D eigenvalue weighted by atomic mass is 9.87. The van der Waals surface area contributed by atoms with E-state index in [4.69, 9.17) is 10.2 Å². The fourth-order valence-electron chi connectivity index (χ4n) is 3.36. The smallest absolute Gasteiger partial charge is 0.246 e. The molecule has 0 bridgehead atoms. The van der Waals surface area contributed by atoms with Crippen LogP contribution in [0.5, 0.6) is 0 Å². The molecule has 2 atom stereocenters. The van der Waals surface area contributed by atoms with Crippen molar-refractivity contribution >= 4 is 10.0 Å². The number of hydrogen-bond donors (Lipinski definition) is 1. The predicted molar refractivity (Wildman–Crippen MR) is 82.4 cm³/mol. The second-order valence-corrected chi connectivity index (χ2v) is 8.11. The summed E-state index contributed by atoms with van der Waals surface area (Å²) in [5.41, 5.74) is 6.32. The van der Waals surface area contributed by atoms with Gasteiger partial charge in [0.1, 0.15) is 16.4 Å². The second kappa shape index (κ2) is 6.10. The Hall–Kier alpha value is -0.850. The molecule has 0 spiro atoms. The van der Waals surface area contributed by atoms with Crippen LogP contribution in [0.2, 0.25) is 0 Å². The van der Waals surface area contributed by atoms with E-state index in [-0.39, 0.29) is 17.5 Å². The Labute approximate surface area is 127 Å². The van der Waals surface area contributed by atoms with E-state index in [0.29, 0.717) is 23.0 Å². The first-order chi connectivity index (χ1) is 9.78. The van der Waals surface area contributed by atoms with Gasteiger partial charge in [-0.05, 0) is 32.6 Å². The summed E-state index contributed by atoms with van der Waals surface area (Å²) in [5, 5.41) is 0. The highest BCUT2D eigenvalue weighted by Crippen LogP contribution is 2.33. The molecule has 1 saturated carbocycles. The van der Waals surface area contributed by atoms with Gasteiger partial charge in [0, 0.05) is 25.2 Å². The molecule has 0 aliphatic heterocycles. The van der Waals surface area contributed by atoms with Gasteiger partial charge < -0.3 is 10.2 Å². The van der Waals surface area contributed by atoms with Crippen molar-refractivity contribution in [1.82, 2.24) is 4.31 Å². The molecular weight excluding hydrogens is 288 g/mol. The molecule has 0 radical (unpaired) electrons. The van der Waals surface area contributed by atoms with Gasteiger partial charge in [-0.2, -0.15) is 4.31 Å². The van der Waals surface area contributed by atoms with E-state index in [1.165, 1.54) is 10.7 Å². The van der Waals surface area contributed by atoms with Crippen molar-refractivity contribution in [2.24, 2.45) is 11.7 Å². The summed E-state index contributed by atoms with van der Waals surface area (Å²) in [6, 6.07) is 0.0685. The number of rotatable bonds is 4. The number of furan rings is 1. The lowest BCUT2D eigenvalue weighted by Gasteiger charge is -2.33. The van der Waals surface area contributed by atoms with Crippen LogP contribution in [-0.2, 0) is 16.6 Å². The van der Waals surface area contributed by atoms with Crippen LogP contribution in [0.15, 0.2) is 9.31 Å². The maximum Gasteiger partial charge on any atom is 0.246 e. The van der Waals surface area contributed by atoms with E-state index in [1.807, 2.05) is 0 Å². The number of sulfonamides is 1. The lowest BCUT2D eigenvalue weighted by Crippen LogP contribution is -2.40. The van der Waals surface area contributed by atoms with Gasteiger partial charge in [0.05, 0.1) is 0 Å². The first kappa shape index (κ1) is 16.5. The fraction of sp³-hybridized carbons (Fsp3) is 0.733. The highest BCUT2D eigenvalue weighted by atomic mass is 32.2. The standard InChI is InChI=1S/C15H26N2O3S/c1-10-6-5-7-13(8-10)17(4)21(18,19)15-12(3)20-11(2)14(15)9-16/h10,13H,5-9,16H2,1-4H3. The largest absolute Gasteiger partial charge is 0.465 e. The van der Waals surface area contributed by atoms with Crippen molar-refractivity contribution in [1.29, 1.82) is 0 Å². The number of hydrogen-bond acceptors (Lipinski definition) is 4. The Balaban J connectivity index is 2.37. The van der Waals surface area contributed by atoms with Gasteiger partial charge in [-0.3, -0.25) is 0 Å². The third-order valence-corrected chi connectivity index (χ3v) is 6.70. The minimum atomic E-state index is -3.56. The number of nitrogens with zero attached hydrogens (tertiary/aromatic N) is 1. The van der Waals surface area contributed by atoms with Crippen LogP contribution in [-0.4, -0.2) is 25.8 Å². The third-order valence-electron chi connectivity index (χ3n) is 4.59. The third kappa shape index (κ3) is 3.03. The molecule has 21 heavy (non-hydrogen) atoms. The van der Waals surface area contributed by atoms with Crippen molar-refractivity contribution in [2.45, 2.75) is 63.9 Å². The summed E-state index contributed by atoms with van der Waals surface area (Å²) < 4.78 is 32.9. The van der Waals surface area contributed by atoms with Crippen LogP contribution >= 0.6 is 0 Å². The van der Waals surface area contributed by atoms with E-state index in [0.717, 1.165) is 19.3 Å². The summed E-state index contributed by atoms with van der Waals surface area (Å²) in [7, 11) is -1.87. The SMILES string of the molecule is Cc1oc(C)c(S(=O)(=O)N(C)C2CCCC(C)C2)c1CN. The van der Waals surface area contributed by atoms with Crippen molar-refractivity contribution in [2.75, 3.05) is 7.05 Å². The molecule has 2 N–H and O–H groups in total. The molecule has 1 fully saturated rings. The molecule has 120 valence electrons. The van der Waals surface area contributed by atoms with E-state index in [1.54, 1.807) is 20.9 Å². The van der Waals surface area contributed by atoms with Gasteiger partial charge in [0.25, 0.3) is 0 Å². The molecule has 1 aromatic heterocycles. The first-order valence-corrected chi connectivity index (χ1v) is 9.00. The zero-order valence-corrected chi connectivity index (χ0v) is 14.2. The molecule has 6 heteroatoms. The molecular formula is C15H26N2O3S. The van der Waals surface area contributed by atoms with E-state index in [9.17, 15) is 8.42 Å². The summed E-state index contributed by atoms with van der Waals surface area (Å²) in [6.07, 6.45) is 4.11. The Morgan fingerprint density at radius 2 is 1.95 bits per heavy atom. The first-order valence-electron chi connectivity index (χ1n) is 7.56. The number of nitrogens with two attached hydrogens (primary N) is 1. The summed E-state index contributed by atoms with van der Waals surface area (Å²) in [5.74, 6) is 1.60. The predicted octanol–water partition coefficient (Wildman–Crippen LogP) is 2.55. The molecule has 0 aromatic carbocycles. The quantitative estimate of drug-likeness (QED) is 0.926. The molecule has 0 amide bonds. The van der Waals surface area contributed by atoms with Gasteiger partial charge >= 0.3 is 0 Å². The van der Waals surface area contributed by atoms with Crippen LogP contribution in [0.4, 0.5) is 0 Å². The van der Waals surface area contributed by atoms with E-state index < -0.39 is 10.0 Å². The highest BCUT2D eigenvalue weighted by Gasteiger charge is 2.35. The maximum absolute atomic E-state index is 13.0. The Morgan fingerprint density at radius 3 is 2.52 bits per heavy atom. The molecule has 5 nitrogen and oxygen atoms in total. The summed E-state index contributed by atoms with van der Waals surface area (Å²) in [4.78, 5) is 0.267. The average Bonchev–Trinajstić information content (AvgIpc) is 2.72. The van der Waals surface area contributed by atoms with E-state index >= 15 is 0 Å². The Morgan fingerprint density at radius 1 is 1.29 bits per heavy atom. The lowest BCUT2D eigenvalue weighted by molar-refractivity contribution is 0.239. The zero-order valence-electron chi connectivity index (χ0n) is 13.3. The zero-order chi connectivity index (χ0) is 15.8. The van der Waals surface area contributed by atoms with Gasteiger partial charge in [-0.15, -0.1) is 0 Å². The monoisotopic (exact) mass is 314 g/mol. The van der Waals surface area contributed by atoms with Crippen LogP contribution < -0.4 is 5.73 Å². The highest BCUT2D eigenvalue weighted by molar-refractivity contribution is 7.89. The van der Waals surface area contributed by atoms with Crippen LogP contribution in [0.1, 0.15) is 49.7 Å². The molecule has 1 aromatic rings. The number of aryl methyl sites for hydroxylation is 2. The normalized spacial score (nSPS) is 23.7. The van der Waals surface area contributed by atoms with Crippen molar-refractivity contribution in [3.63, 3.8) is 0 Å². The summed E-state index contributed by atoms with van der Waals surface area (Å²) in [6.45, 7) is 5.81. The molecule has 1 aliphatic carbocycles. The van der Waals surface area contributed by atoms with Gasteiger partial charge in [0.2, 0.25) is 10.0 Å². The van der Waals surface area contributed by atoms with Gasteiger partial charge in [-0.1, -0.05) is 19.8 Å². The van der Waals surface area contributed by atoms with Gasteiger partial charge in [0.15, 0.2) is 0 Å². The van der Waals surface area contributed by atoms with Crippen molar-refractivity contribution in [3.8, 4) is 0 Å². The molecule has 2 unspecified atom stereocenters.